The molecule has 5 nitrogen and oxygen atoms in total. The average Bonchev–Trinajstić information content (AvgIpc) is 3.24. The number of aryl methyl sites for hydroxylation is 1. The van der Waals surface area contributed by atoms with Crippen molar-refractivity contribution >= 4 is 11.8 Å². The molecule has 0 radical (unpaired) electrons. The summed E-state index contributed by atoms with van der Waals surface area (Å²) >= 11 is 0. The molecule has 2 aromatic carbocycles. The Morgan fingerprint density at radius 1 is 0.944 bits per heavy atom. The predicted molar refractivity (Wildman–Crippen MR) is 118 cm³/mol. The maximum atomic E-state index is 13.5. The van der Waals surface area contributed by atoms with E-state index in [1.165, 1.54) is 12.1 Å². The monoisotopic (exact) mass is 509 g/mol. The minimum Gasteiger partial charge on any atom is -0.361 e. The van der Waals surface area contributed by atoms with Gasteiger partial charge in [0.1, 0.15) is 0 Å². The van der Waals surface area contributed by atoms with Crippen molar-refractivity contribution < 1.29 is 35.9 Å². The Morgan fingerprint density at radius 3 is 2.11 bits per heavy atom. The molecule has 2 amide bonds. The maximum Gasteiger partial charge on any atom is 0.416 e. The number of fused-ring (bicyclic) bond motifs is 1. The smallest absolute Gasteiger partial charge is 0.361 e. The summed E-state index contributed by atoms with van der Waals surface area (Å²) in [5, 5.41) is 5.21. The van der Waals surface area contributed by atoms with Crippen LogP contribution in [0.4, 0.5) is 26.3 Å². The van der Waals surface area contributed by atoms with Crippen LogP contribution < -0.4 is 10.6 Å². The van der Waals surface area contributed by atoms with Crippen LogP contribution >= 0.6 is 0 Å². The van der Waals surface area contributed by atoms with Crippen LogP contribution in [0.3, 0.4) is 0 Å². The lowest BCUT2D eigenvalue weighted by molar-refractivity contribution is -0.143. The third-order valence-electron chi connectivity index (χ3n) is 6.09. The summed E-state index contributed by atoms with van der Waals surface area (Å²) in [6, 6.07) is 8.57. The Labute approximate surface area is 201 Å². The normalized spacial score (nSPS) is 18.8. The van der Waals surface area contributed by atoms with Crippen LogP contribution in [-0.4, -0.2) is 16.8 Å². The van der Waals surface area contributed by atoms with Crippen LogP contribution in [0.1, 0.15) is 68.9 Å². The van der Waals surface area contributed by atoms with Crippen LogP contribution in [-0.2, 0) is 17.1 Å². The number of carbonyl (C=O) groups excluding carboxylic acids is 2. The second kappa shape index (κ2) is 9.03. The van der Waals surface area contributed by atoms with E-state index in [4.69, 9.17) is 0 Å². The lowest BCUT2D eigenvalue weighted by Gasteiger charge is -2.34. The first-order chi connectivity index (χ1) is 16.8. The van der Waals surface area contributed by atoms with Gasteiger partial charge in [-0.25, -0.2) is 0 Å². The van der Waals surface area contributed by atoms with Crippen molar-refractivity contribution in [2.75, 3.05) is 0 Å². The lowest BCUT2D eigenvalue weighted by atomic mass is 9.79. The number of nitrogens with one attached hydrogen (secondary N) is 3. The van der Waals surface area contributed by atoms with Crippen LogP contribution in [0.5, 0.6) is 0 Å². The molecule has 2 heterocycles. The van der Waals surface area contributed by atoms with E-state index >= 15 is 0 Å². The number of rotatable bonds is 4. The molecular formula is C25H21F6N3O2. The quantitative estimate of drug-likeness (QED) is 0.389. The molecule has 3 aromatic rings. The standard InChI is InChI=1S/C25H21F6N3O2/c1-12-7-8-19(32-12)13(2)33-23(36)20-17-5-3-4-6-18(17)22(35)34-21(20)14-9-15(24(26,27)28)11-16(10-14)25(29,30)31/h3-11,13,20-21,32H,1-2H3,(H,33,36)(H,34,35). The largest absolute Gasteiger partial charge is 0.416 e. The van der Waals surface area contributed by atoms with Gasteiger partial charge in [-0.2, -0.15) is 26.3 Å². The summed E-state index contributed by atoms with van der Waals surface area (Å²) in [6.07, 6.45) is -10.2. The fourth-order valence-corrected chi connectivity index (χ4v) is 4.34. The van der Waals surface area contributed by atoms with E-state index in [0.717, 1.165) is 5.69 Å². The van der Waals surface area contributed by atoms with Gasteiger partial charge in [-0.15, -0.1) is 0 Å². The number of benzene rings is 2. The Bertz CT molecular complexity index is 1280. The lowest BCUT2D eigenvalue weighted by Crippen LogP contribution is -2.45. The van der Waals surface area contributed by atoms with E-state index in [1.807, 2.05) is 6.92 Å². The molecule has 3 N–H and O–H groups in total. The van der Waals surface area contributed by atoms with E-state index in [2.05, 4.69) is 15.6 Å². The fraction of sp³-hybridized carbons (Fsp3) is 0.280. The van der Waals surface area contributed by atoms with Crippen LogP contribution in [0.15, 0.2) is 54.6 Å². The number of halogens is 6. The molecule has 3 atom stereocenters. The topological polar surface area (TPSA) is 74.0 Å². The number of H-pyrrole nitrogens is 1. The molecule has 0 bridgehead atoms. The van der Waals surface area contributed by atoms with Crippen LogP contribution in [0.2, 0.25) is 0 Å². The zero-order valence-electron chi connectivity index (χ0n) is 19.0. The highest BCUT2D eigenvalue weighted by atomic mass is 19.4. The van der Waals surface area contributed by atoms with Gasteiger partial charge in [0.2, 0.25) is 5.91 Å². The summed E-state index contributed by atoms with van der Waals surface area (Å²) in [5.74, 6) is -2.67. The van der Waals surface area contributed by atoms with E-state index in [0.29, 0.717) is 17.8 Å². The first-order valence-electron chi connectivity index (χ1n) is 10.9. The maximum absolute atomic E-state index is 13.5. The molecule has 0 fully saturated rings. The highest BCUT2D eigenvalue weighted by molar-refractivity contribution is 6.01. The molecule has 1 aliphatic heterocycles. The number of carbonyl (C=O) groups is 2. The Kier molecular flexibility index (Phi) is 6.36. The van der Waals surface area contributed by atoms with Gasteiger partial charge in [-0.05, 0) is 61.4 Å². The third kappa shape index (κ3) is 4.95. The summed E-state index contributed by atoms with van der Waals surface area (Å²) in [6.45, 7) is 3.49. The zero-order chi connectivity index (χ0) is 26.4. The predicted octanol–water partition coefficient (Wildman–Crippen LogP) is 5.81. The molecule has 4 rings (SSSR count). The second-order valence-corrected chi connectivity index (χ2v) is 8.68. The molecule has 36 heavy (non-hydrogen) atoms. The van der Waals surface area contributed by atoms with E-state index in [-0.39, 0.29) is 17.2 Å². The minimum absolute atomic E-state index is 0.00676. The first kappa shape index (κ1) is 25.3. The fourth-order valence-electron chi connectivity index (χ4n) is 4.34. The summed E-state index contributed by atoms with van der Waals surface area (Å²) in [4.78, 5) is 29.3. The molecule has 11 heteroatoms. The molecule has 0 spiro atoms. The first-order valence-corrected chi connectivity index (χ1v) is 10.9. The summed E-state index contributed by atoms with van der Waals surface area (Å²) in [5.41, 5.74) is -1.75. The van der Waals surface area contributed by atoms with Crippen molar-refractivity contribution in [2.45, 2.75) is 44.2 Å². The third-order valence-corrected chi connectivity index (χ3v) is 6.09. The Balaban J connectivity index is 1.82. The van der Waals surface area contributed by atoms with Gasteiger partial charge < -0.3 is 15.6 Å². The van der Waals surface area contributed by atoms with Crippen molar-refractivity contribution in [1.29, 1.82) is 0 Å². The van der Waals surface area contributed by atoms with Crippen molar-refractivity contribution in [2.24, 2.45) is 0 Å². The molecule has 3 unspecified atom stereocenters. The van der Waals surface area contributed by atoms with Crippen molar-refractivity contribution in [3.63, 3.8) is 0 Å². The van der Waals surface area contributed by atoms with Gasteiger partial charge in [-0.3, -0.25) is 9.59 Å². The SMILES string of the molecule is Cc1ccc(C(C)NC(=O)C2c3ccccc3C(=O)NC2c2cc(C(F)(F)F)cc(C(F)(F)F)c2)[nH]1. The van der Waals surface area contributed by atoms with Gasteiger partial charge in [0, 0.05) is 17.0 Å². The number of alkyl halides is 6. The number of aromatic nitrogens is 1. The van der Waals surface area contributed by atoms with Crippen molar-refractivity contribution in [3.05, 3.63) is 93.8 Å². The van der Waals surface area contributed by atoms with Gasteiger partial charge in [0.15, 0.2) is 0 Å². The average molecular weight is 509 g/mol. The Morgan fingerprint density at radius 2 is 1.56 bits per heavy atom. The molecule has 1 aliphatic rings. The second-order valence-electron chi connectivity index (χ2n) is 8.68. The van der Waals surface area contributed by atoms with E-state index in [9.17, 15) is 35.9 Å². The molecule has 1 aromatic heterocycles. The molecular weight excluding hydrogens is 488 g/mol. The van der Waals surface area contributed by atoms with E-state index < -0.39 is 58.9 Å². The molecule has 0 aliphatic carbocycles. The number of hydrogen-bond acceptors (Lipinski definition) is 2. The van der Waals surface area contributed by atoms with Crippen LogP contribution in [0.25, 0.3) is 0 Å². The van der Waals surface area contributed by atoms with Gasteiger partial charge in [0.05, 0.1) is 29.1 Å². The minimum atomic E-state index is -5.08. The summed E-state index contributed by atoms with van der Waals surface area (Å²) < 4.78 is 81.0. The van der Waals surface area contributed by atoms with Crippen molar-refractivity contribution in [1.82, 2.24) is 15.6 Å². The molecule has 0 saturated heterocycles. The Hall–Kier alpha value is -3.76. The van der Waals surface area contributed by atoms with E-state index in [1.54, 1.807) is 31.2 Å². The number of amides is 2. The zero-order valence-corrected chi connectivity index (χ0v) is 19.0. The van der Waals surface area contributed by atoms with Gasteiger partial charge in [0.25, 0.3) is 5.91 Å². The highest BCUT2D eigenvalue weighted by Gasteiger charge is 2.43. The number of aromatic amines is 1. The van der Waals surface area contributed by atoms with Crippen LogP contribution in [0, 0.1) is 6.92 Å². The van der Waals surface area contributed by atoms with Gasteiger partial charge in [-0.1, -0.05) is 18.2 Å². The molecule has 0 saturated carbocycles. The summed E-state index contributed by atoms with van der Waals surface area (Å²) in [7, 11) is 0. The van der Waals surface area contributed by atoms with Gasteiger partial charge >= 0.3 is 12.4 Å². The molecule has 190 valence electrons. The van der Waals surface area contributed by atoms with Crippen molar-refractivity contribution in [3.8, 4) is 0 Å². The number of hydrogen-bond donors (Lipinski definition) is 3. The highest BCUT2D eigenvalue weighted by Crippen LogP contribution is 2.42.